The Bertz CT molecular complexity index is 387. The van der Waals surface area contributed by atoms with Crippen LogP contribution < -0.4 is 10.6 Å². The fraction of sp³-hybridized carbons (Fsp3) is 0.500. The van der Waals surface area contributed by atoms with E-state index in [0.29, 0.717) is 6.54 Å². The van der Waals surface area contributed by atoms with Gasteiger partial charge in [0.15, 0.2) is 0 Å². The highest BCUT2D eigenvalue weighted by Crippen LogP contribution is 2.21. The number of carbonyl (C=O) groups excluding carboxylic acids is 1. The molecular weight excluding hydrogens is 292 g/mol. The molecule has 4 heteroatoms. The van der Waals surface area contributed by atoms with E-state index in [4.69, 9.17) is 0 Å². The average Bonchev–Trinajstić information content (AvgIpc) is 2.29. The normalized spacial score (nSPS) is 11.3. The van der Waals surface area contributed by atoms with Crippen LogP contribution in [-0.2, 0) is 10.3 Å². The molecule has 100 valence electrons. The molecule has 0 spiro atoms. The van der Waals surface area contributed by atoms with Crippen LogP contribution in [0.25, 0.3) is 0 Å². The number of nitrogens with one attached hydrogen (secondary N) is 2. The van der Waals surface area contributed by atoms with E-state index in [2.05, 4.69) is 33.5 Å². The third-order valence-corrected chi connectivity index (χ3v) is 3.26. The summed E-state index contributed by atoms with van der Waals surface area (Å²) in [6.45, 7) is 7.33. The first-order valence-electron chi connectivity index (χ1n) is 6.23. The summed E-state index contributed by atoms with van der Waals surface area (Å²) in [5.41, 5.74) is 0.737. The summed E-state index contributed by atoms with van der Waals surface area (Å²) >= 11 is 3.41. The molecule has 18 heavy (non-hydrogen) atoms. The third kappa shape index (κ3) is 4.78. The Hall–Kier alpha value is -0.870. The van der Waals surface area contributed by atoms with Gasteiger partial charge in [0.05, 0.1) is 12.1 Å². The van der Waals surface area contributed by atoms with Crippen molar-refractivity contribution >= 4 is 21.8 Å². The van der Waals surface area contributed by atoms with Crippen LogP contribution in [0, 0.1) is 0 Å². The Labute approximate surface area is 117 Å². The van der Waals surface area contributed by atoms with Crippen molar-refractivity contribution in [2.24, 2.45) is 0 Å². The third-order valence-electron chi connectivity index (χ3n) is 2.73. The highest BCUT2D eigenvalue weighted by atomic mass is 79.9. The van der Waals surface area contributed by atoms with E-state index in [9.17, 15) is 4.79 Å². The number of benzene rings is 1. The van der Waals surface area contributed by atoms with E-state index in [1.165, 1.54) is 0 Å². The summed E-state index contributed by atoms with van der Waals surface area (Å²) in [6, 6.07) is 8.00. The average molecular weight is 313 g/mol. The molecule has 0 saturated heterocycles. The number of hydrogen-bond acceptors (Lipinski definition) is 2. The van der Waals surface area contributed by atoms with Crippen molar-refractivity contribution in [1.82, 2.24) is 10.6 Å². The SMILES string of the molecule is CCCNCC(=O)NC(C)(C)c1ccc(Br)cc1. The van der Waals surface area contributed by atoms with Crippen molar-refractivity contribution in [3.63, 3.8) is 0 Å². The van der Waals surface area contributed by atoms with E-state index in [-0.39, 0.29) is 11.4 Å². The molecule has 0 radical (unpaired) electrons. The van der Waals surface area contributed by atoms with Gasteiger partial charge in [-0.1, -0.05) is 35.0 Å². The van der Waals surface area contributed by atoms with Crippen molar-refractivity contribution < 1.29 is 4.79 Å². The second-order valence-corrected chi connectivity index (χ2v) is 5.77. The van der Waals surface area contributed by atoms with Crippen LogP contribution in [-0.4, -0.2) is 19.0 Å². The van der Waals surface area contributed by atoms with Crippen LogP contribution in [0.15, 0.2) is 28.7 Å². The molecule has 1 aromatic rings. The number of carbonyl (C=O) groups is 1. The smallest absolute Gasteiger partial charge is 0.234 e. The van der Waals surface area contributed by atoms with Crippen LogP contribution in [0.4, 0.5) is 0 Å². The van der Waals surface area contributed by atoms with Gasteiger partial charge in [-0.15, -0.1) is 0 Å². The molecular formula is C14H21BrN2O. The van der Waals surface area contributed by atoms with E-state index in [0.717, 1.165) is 23.0 Å². The second kappa shape index (κ2) is 6.90. The molecule has 1 aromatic carbocycles. The first kappa shape index (κ1) is 15.2. The molecule has 0 saturated carbocycles. The molecule has 0 atom stereocenters. The van der Waals surface area contributed by atoms with Gasteiger partial charge in [0, 0.05) is 4.47 Å². The van der Waals surface area contributed by atoms with Crippen molar-refractivity contribution in [1.29, 1.82) is 0 Å². The highest BCUT2D eigenvalue weighted by Gasteiger charge is 2.22. The molecule has 0 fully saturated rings. The van der Waals surface area contributed by atoms with Gasteiger partial charge in [0.2, 0.25) is 5.91 Å². The molecule has 0 unspecified atom stereocenters. The lowest BCUT2D eigenvalue weighted by molar-refractivity contribution is -0.121. The predicted molar refractivity (Wildman–Crippen MR) is 78.5 cm³/mol. The van der Waals surface area contributed by atoms with Crippen LogP contribution in [0.5, 0.6) is 0 Å². The molecule has 3 nitrogen and oxygen atoms in total. The number of halogens is 1. The van der Waals surface area contributed by atoms with Gasteiger partial charge in [-0.25, -0.2) is 0 Å². The standard InChI is InChI=1S/C14H21BrN2O/c1-4-9-16-10-13(18)17-14(2,3)11-5-7-12(15)8-6-11/h5-8,16H,4,9-10H2,1-3H3,(H,17,18). The Morgan fingerprint density at radius 1 is 1.28 bits per heavy atom. The zero-order valence-electron chi connectivity index (χ0n) is 11.2. The fourth-order valence-corrected chi connectivity index (χ4v) is 1.97. The minimum absolute atomic E-state index is 0.0244. The first-order chi connectivity index (χ1) is 8.45. The zero-order valence-corrected chi connectivity index (χ0v) is 12.8. The topological polar surface area (TPSA) is 41.1 Å². The summed E-state index contributed by atoms with van der Waals surface area (Å²) in [7, 11) is 0. The first-order valence-corrected chi connectivity index (χ1v) is 7.03. The fourth-order valence-electron chi connectivity index (χ4n) is 1.71. The Balaban J connectivity index is 2.58. The minimum Gasteiger partial charge on any atom is -0.346 e. The van der Waals surface area contributed by atoms with Crippen LogP contribution in [0.3, 0.4) is 0 Å². The van der Waals surface area contributed by atoms with Crippen LogP contribution in [0.1, 0.15) is 32.8 Å². The molecule has 2 N–H and O–H groups in total. The minimum atomic E-state index is -0.355. The van der Waals surface area contributed by atoms with Gasteiger partial charge in [-0.3, -0.25) is 4.79 Å². The maximum absolute atomic E-state index is 11.8. The lowest BCUT2D eigenvalue weighted by Crippen LogP contribution is -2.45. The Morgan fingerprint density at radius 3 is 2.44 bits per heavy atom. The van der Waals surface area contributed by atoms with Gasteiger partial charge >= 0.3 is 0 Å². The predicted octanol–water partition coefficient (Wildman–Crippen LogP) is 2.80. The van der Waals surface area contributed by atoms with Crippen molar-refractivity contribution in [2.45, 2.75) is 32.7 Å². The molecule has 0 aromatic heterocycles. The van der Waals surface area contributed by atoms with Gasteiger partial charge < -0.3 is 10.6 Å². The van der Waals surface area contributed by atoms with Gasteiger partial charge in [-0.2, -0.15) is 0 Å². The highest BCUT2D eigenvalue weighted by molar-refractivity contribution is 9.10. The van der Waals surface area contributed by atoms with Crippen molar-refractivity contribution in [2.75, 3.05) is 13.1 Å². The van der Waals surface area contributed by atoms with Gasteiger partial charge in [0.1, 0.15) is 0 Å². The quantitative estimate of drug-likeness (QED) is 0.793. The summed E-state index contributed by atoms with van der Waals surface area (Å²) in [5, 5.41) is 6.13. The Kier molecular flexibility index (Phi) is 5.82. The van der Waals surface area contributed by atoms with Crippen LogP contribution >= 0.6 is 15.9 Å². The number of amides is 1. The number of rotatable bonds is 6. The second-order valence-electron chi connectivity index (χ2n) is 4.86. The molecule has 0 bridgehead atoms. The lowest BCUT2D eigenvalue weighted by atomic mass is 9.94. The summed E-state index contributed by atoms with van der Waals surface area (Å²) in [6.07, 6.45) is 1.03. The maximum atomic E-state index is 11.8. The monoisotopic (exact) mass is 312 g/mol. The molecule has 0 aliphatic heterocycles. The lowest BCUT2D eigenvalue weighted by Gasteiger charge is -2.27. The summed E-state index contributed by atoms with van der Waals surface area (Å²) in [4.78, 5) is 11.8. The summed E-state index contributed by atoms with van der Waals surface area (Å²) < 4.78 is 1.04. The Morgan fingerprint density at radius 2 is 1.89 bits per heavy atom. The molecule has 0 heterocycles. The van der Waals surface area contributed by atoms with E-state index >= 15 is 0 Å². The van der Waals surface area contributed by atoms with Gasteiger partial charge in [-0.05, 0) is 44.5 Å². The van der Waals surface area contributed by atoms with Crippen LogP contribution in [0.2, 0.25) is 0 Å². The van der Waals surface area contributed by atoms with Crippen molar-refractivity contribution in [3.05, 3.63) is 34.3 Å². The van der Waals surface area contributed by atoms with E-state index in [1.807, 2.05) is 38.1 Å². The number of hydrogen-bond donors (Lipinski definition) is 2. The van der Waals surface area contributed by atoms with E-state index < -0.39 is 0 Å². The molecule has 1 amide bonds. The van der Waals surface area contributed by atoms with E-state index in [1.54, 1.807) is 0 Å². The van der Waals surface area contributed by atoms with Gasteiger partial charge in [0.25, 0.3) is 0 Å². The summed E-state index contributed by atoms with van der Waals surface area (Å²) in [5.74, 6) is 0.0244. The largest absolute Gasteiger partial charge is 0.346 e. The molecule has 0 aliphatic rings. The zero-order chi connectivity index (χ0) is 13.6. The molecule has 0 aliphatic carbocycles. The maximum Gasteiger partial charge on any atom is 0.234 e. The molecule has 1 rings (SSSR count). The van der Waals surface area contributed by atoms with Crippen molar-refractivity contribution in [3.8, 4) is 0 Å².